The van der Waals surface area contributed by atoms with E-state index in [2.05, 4.69) is 16.9 Å². The maximum atomic E-state index is 12.2. The zero-order valence-electron chi connectivity index (χ0n) is 12.3. The number of pyridine rings is 1. The van der Waals surface area contributed by atoms with Crippen LogP contribution in [0.4, 0.5) is 0 Å². The number of hydrogen-bond acceptors (Lipinski definition) is 3. The molecule has 0 unspecified atom stereocenters. The van der Waals surface area contributed by atoms with Crippen LogP contribution in [0.25, 0.3) is 10.8 Å². The predicted octanol–water partition coefficient (Wildman–Crippen LogP) is 2.46. The number of piperidine rings is 1. The summed E-state index contributed by atoms with van der Waals surface area (Å²) in [7, 11) is 2.09. The topological polar surface area (TPSA) is 73.4 Å². The fourth-order valence-corrected chi connectivity index (χ4v) is 3.03. The maximum absolute atomic E-state index is 12.2. The number of carboxylic acids is 1. The first-order valence-corrected chi connectivity index (χ1v) is 7.14. The van der Waals surface area contributed by atoms with Gasteiger partial charge in [-0.15, -0.1) is 12.4 Å². The van der Waals surface area contributed by atoms with E-state index in [0.29, 0.717) is 16.7 Å². The molecule has 0 radical (unpaired) electrons. The molecule has 1 aliphatic heterocycles. The lowest BCUT2D eigenvalue weighted by Gasteiger charge is -2.29. The number of halogens is 1. The Balaban J connectivity index is 0.00000176. The zero-order chi connectivity index (χ0) is 15.0. The number of carbonyl (C=O) groups is 1. The lowest BCUT2D eigenvalue weighted by atomic mass is 9.92. The minimum Gasteiger partial charge on any atom is -0.478 e. The number of fused-ring (bicyclic) bond motifs is 1. The molecule has 1 aromatic carbocycles. The van der Waals surface area contributed by atoms with Gasteiger partial charge in [0.05, 0.1) is 5.56 Å². The number of aromatic carboxylic acids is 1. The Labute approximate surface area is 134 Å². The smallest absolute Gasteiger partial charge is 0.336 e. The number of hydrogen-bond donors (Lipinski definition) is 2. The van der Waals surface area contributed by atoms with Crippen LogP contribution in [0.2, 0.25) is 0 Å². The molecule has 0 amide bonds. The average molecular weight is 323 g/mol. The number of benzene rings is 1. The summed E-state index contributed by atoms with van der Waals surface area (Å²) in [6.45, 7) is 1.98. The van der Waals surface area contributed by atoms with Gasteiger partial charge >= 0.3 is 5.97 Å². The highest BCUT2D eigenvalue weighted by molar-refractivity contribution is 6.03. The van der Waals surface area contributed by atoms with E-state index < -0.39 is 5.97 Å². The van der Waals surface area contributed by atoms with Crippen LogP contribution < -0.4 is 5.56 Å². The summed E-state index contributed by atoms with van der Waals surface area (Å²) < 4.78 is 0. The standard InChI is InChI=1S/C16H18N2O3.ClH/c1-18-7-5-10(6-8-18)14-9-13-11(15(19)17-14)3-2-4-12(13)16(20)21;/h2-4,9-10H,5-8H2,1H3,(H,17,19)(H,20,21);1H. The summed E-state index contributed by atoms with van der Waals surface area (Å²) in [4.78, 5) is 28.8. The quantitative estimate of drug-likeness (QED) is 0.890. The van der Waals surface area contributed by atoms with E-state index in [9.17, 15) is 14.7 Å². The van der Waals surface area contributed by atoms with Crippen LogP contribution in [0.15, 0.2) is 29.1 Å². The number of rotatable bonds is 2. The van der Waals surface area contributed by atoms with Crippen molar-refractivity contribution >= 4 is 29.1 Å². The molecule has 3 rings (SSSR count). The summed E-state index contributed by atoms with van der Waals surface area (Å²) in [6, 6.07) is 6.66. The summed E-state index contributed by atoms with van der Waals surface area (Å²) in [5, 5.41) is 10.3. The molecule has 2 heterocycles. The number of aromatic amines is 1. The number of nitrogens with one attached hydrogen (secondary N) is 1. The third kappa shape index (κ3) is 3.00. The Kier molecular flexibility index (Phi) is 4.88. The Morgan fingerprint density at radius 3 is 2.59 bits per heavy atom. The highest BCUT2D eigenvalue weighted by atomic mass is 35.5. The van der Waals surface area contributed by atoms with Gasteiger partial charge in [0.2, 0.25) is 0 Å². The molecular formula is C16H19ClN2O3. The van der Waals surface area contributed by atoms with E-state index in [-0.39, 0.29) is 23.5 Å². The molecule has 2 N–H and O–H groups in total. The summed E-state index contributed by atoms with van der Waals surface area (Å²) >= 11 is 0. The Bertz CT molecular complexity index is 749. The molecular weight excluding hydrogens is 304 g/mol. The zero-order valence-corrected chi connectivity index (χ0v) is 13.2. The first-order valence-electron chi connectivity index (χ1n) is 7.14. The molecule has 0 saturated carbocycles. The molecule has 0 spiro atoms. The highest BCUT2D eigenvalue weighted by Gasteiger charge is 2.20. The van der Waals surface area contributed by atoms with Crippen molar-refractivity contribution in [2.75, 3.05) is 20.1 Å². The van der Waals surface area contributed by atoms with Crippen LogP contribution in [0.1, 0.15) is 34.8 Å². The van der Waals surface area contributed by atoms with Crippen LogP contribution >= 0.6 is 12.4 Å². The van der Waals surface area contributed by atoms with Crippen LogP contribution in [-0.2, 0) is 0 Å². The van der Waals surface area contributed by atoms with Gasteiger partial charge in [0.15, 0.2) is 0 Å². The second-order valence-electron chi connectivity index (χ2n) is 5.70. The summed E-state index contributed by atoms with van der Waals surface area (Å²) in [5.74, 6) is -0.708. The minimum atomic E-state index is -1.000. The predicted molar refractivity (Wildman–Crippen MR) is 88.2 cm³/mol. The normalized spacial score (nSPS) is 16.4. The van der Waals surface area contributed by atoms with Gasteiger partial charge in [-0.25, -0.2) is 4.79 Å². The van der Waals surface area contributed by atoms with Crippen molar-refractivity contribution < 1.29 is 9.90 Å². The largest absolute Gasteiger partial charge is 0.478 e. The van der Waals surface area contributed by atoms with Crippen LogP contribution in [0.5, 0.6) is 0 Å². The molecule has 0 atom stereocenters. The molecule has 1 saturated heterocycles. The number of aromatic nitrogens is 1. The molecule has 0 aliphatic carbocycles. The van der Waals surface area contributed by atoms with Crippen LogP contribution in [0.3, 0.4) is 0 Å². The first-order chi connectivity index (χ1) is 10.1. The van der Waals surface area contributed by atoms with Gasteiger partial charge < -0.3 is 15.0 Å². The second kappa shape index (κ2) is 6.50. The fraction of sp³-hybridized carbons (Fsp3) is 0.375. The highest BCUT2D eigenvalue weighted by Crippen LogP contribution is 2.28. The third-order valence-electron chi connectivity index (χ3n) is 4.30. The second-order valence-corrected chi connectivity index (χ2v) is 5.70. The number of carboxylic acid groups (broad SMARTS) is 1. The van der Waals surface area contributed by atoms with E-state index in [0.717, 1.165) is 31.6 Å². The van der Waals surface area contributed by atoms with Crippen molar-refractivity contribution in [3.05, 3.63) is 45.9 Å². The van der Waals surface area contributed by atoms with Crippen molar-refractivity contribution in [1.82, 2.24) is 9.88 Å². The van der Waals surface area contributed by atoms with Gasteiger partial charge in [0.1, 0.15) is 0 Å². The number of likely N-dealkylation sites (tertiary alicyclic amines) is 1. The summed E-state index contributed by atoms with van der Waals surface area (Å²) in [6.07, 6.45) is 1.96. The van der Waals surface area contributed by atoms with Gasteiger partial charge in [-0.05, 0) is 51.2 Å². The van der Waals surface area contributed by atoms with E-state index >= 15 is 0 Å². The van der Waals surface area contributed by atoms with Gasteiger partial charge in [0, 0.05) is 22.4 Å². The van der Waals surface area contributed by atoms with Crippen LogP contribution in [0, 0.1) is 0 Å². The van der Waals surface area contributed by atoms with Gasteiger partial charge in [0.25, 0.3) is 5.56 Å². The van der Waals surface area contributed by atoms with Crippen LogP contribution in [-0.4, -0.2) is 41.1 Å². The lowest BCUT2D eigenvalue weighted by molar-refractivity contribution is 0.0699. The molecule has 1 aromatic heterocycles. The summed E-state index contributed by atoms with van der Waals surface area (Å²) in [5.41, 5.74) is 0.839. The Morgan fingerprint density at radius 2 is 1.95 bits per heavy atom. The van der Waals surface area contributed by atoms with Gasteiger partial charge in [-0.3, -0.25) is 4.79 Å². The van der Waals surface area contributed by atoms with E-state index in [1.807, 2.05) is 6.07 Å². The van der Waals surface area contributed by atoms with Crippen molar-refractivity contribution in [3.8, 4) is 0 Å². The minimum absolute atomic E-state index is 0. The third-order valence-corrected chi connectivity index (χ3v) is 4.30. The molecule has 5 nitrogen and oxygen atoms in total. The molecule has 22 heavy (non-hydrogen) atoms. The van der Waals surface area contributed by atoms with E-state index in [1.54, 1.807) is 18.2 Å². The molecule has 6 heteroatoms. The fourth-order valence-electron chi connectivity index (χ4n) is 3.03. The number of H-pyrrole nitrogens is 1. The maximum Gasteiger partial charge on any atom is 0.336 e. The first kappa shape index (κ1) is 16.5. The van der Waals surface area contributed by atoms with Crippen molar-refractivity contribution in [2.24, 2.45) is 0 Å². The molecule has 1 fully saturated rings. The SMILES string of the molecule is CN1CCC(c2cc3c(C(=O)O)cccc3c(=O)[nH]2)CC1.Cl. The Hall–Kier alpha value is -1.85. The molecule has 2 aromatic rings. The van der Waals surface area contributed by atoms with Crippen molar-refractivity contribution in [3.63, 3.8) is 0 Å². The molecule has 0 bridgehead atoms. The Morgan fingerprint density at radius 1 is 1.27 bits per heavy atom. The molecule has 1 aliphatic rings. The van der Waals surface area contributed by atoms with Crippen molar-refractivity contribution in [1.29, 1.82) is 0 Å². The monoisotopic (exact) mass is 322 g/mol. The molecule has 118 valence electrons. The van der Waals surface area contributed by atoms with Gasteiger partial charge in [-0.2, -0.15) is 0 Å². The van der Waals surface area contributed by atoms with E-state index in [1.165, 1.54) is 0 Å². The lowest BCUT2D eigenvalue weighted by Crippen LogP contribution is -2.30. The van der Waals surface area contributed by atoms with E-state index in [4.69, 9.17) is 0 Å². The van der Waals surface area contributed by atoms with Crippen molar-refractivity contribution in [2.45, 2.75) is 18.8 Å². The average Bonchev–Trinajstić information content (AvgIpc) is 2.47. The van der Waals surface area contributed by atoms with Gasteiger partial charge in [-0.1, -0.05) is 6.07 Å². The number of nitrogens with zero attached hydrogens (tertiary/aromatic N) is 1.